The minimum Gasteiger partial charge on any atom is -0.453 e. The molecule has 1 aromatic carbocycles. The lowest BCUT2D eigenvalue weighted by Crippen LogP contribution is -2.62. The molecular formula is C27H29N11O2. The zero-order valence-corrected chi connectivity index (χ0v) is 22.3. The number of fused-ring (bicyclic) bond motifs is 2. The third-order valence-electron chi connectivity index (χ3n) is 7.73. The Hall–Kier alpha value is -4.88. The van der Waals surface area contributed by atoms with Crippen molar-refractivity contribution in [2.24, 2.45) is 0 Å². The molecule has 0 radical (unpaired) electrons. The number of ether oxygens (including phenoxy) is 1. The Kier molecular flexibility index (Phi) is 6.58. The summed E-state index contributed by atoms with van der Waals surface area (Å²) >= 11 is 0. The van der Waals surface area contributed by atoms with Crippen LogP contribution in [0.4, 0.5) is 22.2 Å². The maximum absolute atomic E-state index is 11.7. The predicted octanol–water partition coefficient (Wildman–Crippen LogP) is 3.09. The SMILES string of the molecule is CCNc1nc(Nc2ccc3c(c2)c(C#N)cn3C2CCN(C3CN(C(=O)OC)C3)CC2)nn2c(C#N)cnc12. The molecule has 6 rings (SSSR count). The van der Waals surface area contributed by atoms with E-state index in [0.717, 1.165) is 42.5 Å². The smallest absolute Gasteiger partial charge is 0.409 e. The van der Waals surface area contributed by atoms with Crippen molar-refractivity contribution in [1.82, 2.24) is 33.9 Å². The highest BCUT2D eigenvalue weighted by Crippen LogP contribution is 2.33. The summed E-state index contributed by atoms with van der Waals surface area (Å²) < 4.78 is 8.50. The lowest BCUT2D eigenvalue weighted by atomic mass is 9.99. The van der Waals surface area contributed by atoms with Gasteiger partial charge in [0.1, 0.15) is 12.1 Å². The van der Waals surface area contributed by atoms with Gasteiger partial charge >= 0.3 is 6.09 Å². The van der Waals surface area contributed by atoms with Gasteiger partial charge in [-0.1, -0.05) is 0 Å². The topological polar surface area (TPSA) is 152 Å². The maximum Gasteiger partial charge on any atom is 0.409 e. The number of carbonyl (C=O) groups is 1. The number of likely N-dealkylation sites (tertiary alicyclic amines) is 2. The number of hydrogen-bond acceptors (Lipinski definition) is 10. The van der Waals surface area contributed by atoms with E-state index in [1.807, 2.05) is 31.3 Å². The summed E-state index contributed by atoms with van der Waals surface area (Å²) in [4.78, 5) is 24.7. The monoisotopic (exact) mass is 539 g/mol. The summed E-state index contributed by atoms with van der Waals surface area (Å²) in [6.45, 7) is 5.90. The van der Waals surface area contributed by atoms with Gasteiger partial charge in [-0.25, -0.2) is 9.78 Å². The van der Waals surface area contributed by atoms with Crippen molar-refractivity contribution in [3.05, 3.63) is 41.9 Å². The molecule has 2 fully saturated rings. The number of aromatic nitrogens is 5. The molecule has 4 aromatic rings. The molecule has 5 heterocycles. The van der Waals surface area contributed by atoms with Crippen LogP contribution < -0.4 is 10.6 Å². The lowest BCUT2D eigenvalue weighted by molar-refractivity contribution is 0.0154. The molecule has 2 aliphatic heterocycles. The number of rotatable bonds is 6. The number of nitriles is 2. The van der Waals surface area contributed by atoms with Crippen LogP contribution in [0.2, 0.25) is 0 Å². The summed E-state index contributed by atoms with van der Waals surface area (Å²) in [5.41, 5.74) is 3.14. The van der Waals surface area contributed by atoms with E-state index in [-0.39, 0.29) is 12.1 Å². The van der Waals surface area contributed by atoms with Crippen LogP contribution in [-0.2, 0) is 4.74 Å². The van der Waals surface area contributed by atoms with E-state index >= 15 is 0 Å². The highest BCUT2D eigenvalue weighted by Gasteiger charge is 2.37. The van der Waals surface area contributed by atoms with E-state index in [0.29, 0.717) is 54.3 Å². The Balaban J connectivity index is 1.21. The van der Waals surface area contributed by atoms with Crippen molar-refractivity contribution < 1.29 is 9.53 Å². The largest absolute Gasteiger partial charge is 0.453 e. The Labute approximate surface area is 230 Å². The zero-order chi connectivity index (χ0) is 27.8. The van der Waals surface area contributed by atoms with Crippen molar-refractivity contribution in [1.29, 1.82) is 10.5 Å². The first-order valence-electron chi connectivity index (χ1n) is 13.3. The second-order valence-corrected chi connectivity index (χ2v) is 10.0. The third-order valence-corrected chi connectivity index (χ3v) is 7.73. The fourth-order valence-electron chi connectivity index (χ4n) is 5.64. The van der Waals surface area contributed by atoms with Gasteiger partial charge in [-0.15, -0.1) is 5.10 Å². The quantitative estimate of drug-likeness (QED) is 0.374. The molecule has 2 aliphatic rings. The van der Waals surface area contributed by atoms with Gasteiger partial charge in [-0.05, 0) is 38.0 Å². The highest BCUT2D eigenvalue weighted by atomic mass is 16.5. The molecule has 2 N–H and O–H groups in total. The molecule has 0 unspecified atom stereocenters. The number of benzene rings is 1. The number of amides is 1. The molecule has 13 heteroatoms. The van der Waals surface area contributed by atoms with Crippen molar-refractivity contribution in [3.63, 3.8) is 0 Å². The van der Waals surface area contributed by atoms with Crippen LogP contribution in [0.3, 0.4) is 0 Å². The van der Waals surface area contributed by atoms with Gasteiger partial charge in [0.15, 0.2) is 17.2 Å². The van der Waals surface area contributed by atoms with Crippen LogP contribution in [0, 0.1) is 22.7 Å². The van der Waals surface area contributed by atoms with Crippen LogP contribution in [0.1, 0.15) is 37.1 Å². The minimum atomic E-state index is -0.262. The first-order valence-corrected chi connectivity index (χ1v) is 13.3. The summed E-state index contributed by atoms with van der Waals surface area (Å²) in [5, 5.41) is 31.1. The number of hydrogen-bond donors (Lipinski definition) is 2. The maximum atomic E-state index is 11.7. The van der Waals surface area contributed by atoms with Gasteiger partial charge < -0.3 is 24.8 Å². The van der Waals surface area contributed by atoms with Gasteiger partial charge in [0.05, 0.1) is 18.9 Å². The molecule has 13 nitrogen and oxygen atoms in total. The van der Waals surface area contributed by atoms with E-state index in [4.69, 9.17) is 4.74 Å². The van der Waals surface area contributed by atoms with E-state index in [1.54, 1.807) is 4.90 Å². The van der Waals surface area contributed by atoms with Crippen molar-refractivity contribution in [2.75, 3.05) is 50.5 Å². The highest BCUT2D eigenvalue weighted by molar-refractivity contribution is 5.90. The van der Waals surface area contributed by atoms with Crippen LogP contribution in [0.5, 0.6) is 0 Å². The molecule has 0 atom stereocenters. The molecule has 0 bridgehead atoms. The Morgan fingerprint density at radius 2 is 1.98 bits per heavy atom. The van der Waals surface area contributed by atoms with Gasteiger partial charge in [0.25, 0.3) is 0 Å². The molecule has 2 saturated heterocycles. The molecule has 204 valence electrons. The number of imidazole rings is 1. The zero-order valence-electron chi connectivity index (χ0n) is 22.3. The fraction of sp³-hybridized carbons (Fsp3) is 0.407. The number of methoxy groups -OCH3 is 1. The molecule has 40 heavy (non-hydrogen) atoms. The molecule has 1 amide bonds. The average molecular weight is 540 g/mol. The molecule has 0 aliphatic carbocycles. The first kappa shape index (κ1) is 25.4. The van der Waals surface area contributed by atoms with E-state index < -0.39 is 0 Å². The van der Waals surface area contributed by atoms with Gasteiger partial charge in [-0.2, -0.15) is 20.0 Å². The van der Waals surface area contributed by atoms with Crippen molar-refractivity contribution >= 4 is 40.1 Å². The molecule has 0 saturated carbocycles. The van der Waals surface area contributed by atoms with Gasteiger partial charge in [-0.3, -0.25) is 4.90 Å². The average Bonchev–Trinajstić information content (AvgIpc) is 3.53. The molecule has 0 spiro atoms. The van der Waals surface area contributed by atoms with Gasteiger partial charge in [0, 0.05) is 67.6 Å². The number of carbonyl (C=O) groups excluding carboxylic acids is 1. The van der Waals surface area contributed by atoms with Crippen molar-refractivity contribution in [3.8, 4) is 12.1 Å². The first-order chi connectivity index (χ1) is 19.5. The molecular weight excluding hydrogens is 510 g/mol. The Morgan fingerprint density at radius 1 is 1.18 bits per heavy atom. The summed E-state index contributed by atoms with van der Waals surface area (Å²) in [6, 6.07) is 11.0. The van der Waals surface area contributed by atoms with E-state index in [9.17, 15) is 15.3 Å². The van der Waals surface area contributed by atoms with Gasteiger partial charge in [0.2, 0.25) is 5.95 Å². The normalized spacial score (nSPS) is 16.4. The van der Waals surface area contributed by atoms with E-state index in [1.165, 1.54) is 17.8 Å². The standard InChI is InChI=1S/C27H29N11O2/c1-3-30-24-25-31-13-20(12-29)38(25)34-26(33-24)32-18-4-5-23-22(10-18)17(11-28)14-37(23)19-6-8-35(9-7-19)21-15-36(16-21)27(39)40-2/h4-5,10,13-14,19,21H,3,6-9,15-16H2,1-2H3,(H2,30,32,33,34). The Bertz CT molecular complexity index is 1660. The second kappa shape index (κ2) is 10.4. The second-order valence-electron chi connectivity index (χ2n) is 10.0. The van der Waals surface area contributed by atoms with Crippen LogP contribution >= 0.6 is 0 Å². The third kappa shape index (κ3) is 4.40. The number of anilines is 3. The van der Waals surface area contributed by atoms with Crippen molar-refractivity contribution in [2.45, 2.75) is 31.8 Å². The van der Waals surface area contributed by atoms with Crippen LogP contribution in [-0.4, -0.2) is 85.9 Å². The number of nitrogens with one attached hydrogen (secondary N) is 2. The fourth-order valence-corrected chi connectivity index (χ4v) is 5.64. The van der Waals surface area contributed by atoms with Crippen LogP contribution in [0.25, 0.3) is 16.6 Å². The van der Waals surface area contributed by atoms with E-state index in [2.05, 4.69) is 47.3 Å². The summed E-state index contributed by atoms with van der Waals surface area (Å²) in [5.74, 6) is 0.835. The predicted molar refractivity (Wildman–Crippen MR) is 147 cm³/mol. The minimum absolute atomic E-state index is 0.262. The summed E-state index contributed by atoms with van der Waals surface area (Å²) in [7, 11) is 1.41. The lowest BCUT2D eigenvalue weighted by Gasteiger charge is -2.47. The number of piperidine rings is 1. The molecule has 3 aromatic heterocycles. The summed E-state index contributed by atoms with van der Waals surface area (Å²) in [6.07, 6.45) is 5.10. The number of nitrogens with zero attached hydrogens (tertiary/aromatic N) is 9. The van der Waals surface area contributed by atoms with Crippen LogP contribution in [0.15, 0.2) is 30.6 Å². The Morgan fingerprint density at radius 3 is 2.67 bits per heavy atom.